The number of fused-ring (bicyclic) bond motifs is 1. The van der Waals surface area contributed by atoms with Gasteiger partial charge in [0.25, 0.3) is 0 Å². The van der Waals surface area contributed by atoms with Gasteiger partial charge >= 0.3 is 5.97 Å². The zero-order valence-corrected chi connectivity index (χ0v) is 11.7. The van der Waals surface area contributed by atoms with E-state index in [-0.39, 0.29) is 5.69 Å². The van der Waals surface area contributed by atoms with E-state index in [1.54, 1.807) is 6.07 Å². The first-order valence-electron chi connectivity index (χ1n) is 7.10. The first-order valence-corrected chi connectivity index (χ1v) is 7.10. The Morgan fingerprint density at radius 3 is 2.80 bits per heavy atom. The van der Waals surface area contributed by atoms with Crippen molar-refractivity contribution in [1.29, 1.82) is 0 Å². The molecule has 1 saturated heterocycles. The largest absolute Gasteiger partial charge is 0.464 e. The number of methoxy groups -OCH3 is 1. The molecule has 1 aromatic rings. The highest BCUT2D eigenvalue weighted by Gasteiger charge is 2.37. The minimum atomic E-state index is -0.454. The fraction of sp³-hybridized carbons (Fsp3) is 0.643. The third kappa shape index (κ3) is 2.47. The van der Waals surface area contributed by atoms with Gasteiger partial charge in [-0.15, -0.1) is 10.2 Å². The van der Waals surface area contributed by atoms with E-state index in [1.807, 2.05) is 6.07 Å². The lowest BCUT2D eigenvalue weighted by Gasteiger charge is -2.27. The summed E-state index contributed by atoms with van der Waals surface area (Å²) in [6.45, 7) is 2.01. The molecule has 1 aliphatic heterocycles. The highest BCUT2D eigenvalue weighted by Crippen LogP contribution is 2.37. The lowest BCUT2D eigenvalue weighted by Crippen LogP contribution is -2.32. The predicted octanol–water partition coefficient (Wildman–Crippen LogP) is 0.827. The molecule has 20 heavy (non-hydrogen) atoms. The van der Waals surface area contributed by atoms with Gasteiger partial charge in [-0.1, -0.05) is 0 Å². The van der Waals surface area contributed by atoms with Gasteiger partial charge in [-0.25, -0.2) is 4.79 Å². The van der Waals surface area contributed by atoms with Gasteiger partial charge in [0.2, 0.25) is 0 Å². The standard InChI is InChI=1S/C14H20N4O2/c1-20-14(19)12-4-5-13(17-16-12)18-7-9-2-3-11(15)6-10(9)8-18/h4-5,9-11H,2-3,6-8,15H2,1H3/t9-,10+,11?/m1/s1. The number of rotatable bonds is 2. The Morgan fingerprint density at radius 1 is 1.30 bits per heavy atom. The average Bonchev–Trinajstić information content (AvgIpc) is 2.89. The fourth-order valence-electron chi connectivity index (χ4n) is 3.36. The zero-order valence-electron chi connectivity index (χ0n) is 11.7. The summed E-state index contributed by atoms with van der Waals surface area (Å²) in [5.41, 5.74) is 6.29. The van der Waals surface area contributed by atoms with Crippen LogP contribution in [0.15, 0.2) is 12.1 Å². The maximum Gasteiger partial charge on any atom is 0.358 e. The quantitative estimate of drug-likeness (QED) is 0.806. The second kappa shape index (κ2) is 5.36. The number of nitrogens with zero attached hydrogens (tertiary/aromatic N) is 3. The fourth-order valence-corrected chi connectivity index (χ4v) is 3.36. The first-order chi connectivity index (χ1) is 9.67. The number of anilines is 1. The average molecular weight is 276 g/mol. The Kier molecular flexibility index (Phi) is 3.56. The number of carbonyl (C=O) groups is 1. The SMILES string of the molecule is COC(=O)c1ccc(N2C[C@H]3CCC(N)C[C@H]3C2)nn1. The third-order valence-electron chi connectivity index (χ3n) is 4.46. The van der Waals surface area contributed by atoms with Crippen molar-refractivity contribution >= 4 is 11.8 Å². The molecule has 2 fully saturated rings. The molecule has 3 atom stereocenters. The van der Waals surface area contributed by atoms with Crippen molar-refractivity contribution < 1.29 is 9.53 Å². The van der Waals surface area contributed by atoms with E-state index < -0.39 is 5.97 Å². The van der Waals surface area contributed by atoms with Crippen LogP contribution in [0.2, 0.25) is 0 Å². The number of carbonyl (C=O) groups excluding carboxylic acids is 1. The number of esters is 1. The van der Waals surface area contributed by atoms with Crippen LogP contribution in [0.25, 0.3) is 0 Å². The molecule has 1 saturated carbocycles. The van der Waals surface area contributed by atoms with Gasteiger partial charge in [0.05, 0.1) is 7.11 Å². The van der Waals surface area contributed by atoms with Crippen LogP contribution in [0.4, 0.5) is 5.82 Å². The molecule has 2 aliphatic rings. The summed E-state index contributed by atoms with van der Waals surface area (Å²) in [6, 6.07) is 3.86. The van der Waals surface area contributed by atoms with Gasteiger partial charge in [0.1, 0.15) is 0 Å². The van der Waals surface area contributed by atoms with Crippen molar-refractivity contribution in [3.8, 4) is 0 Å². The van der Waals surface area contributed by atoms with Gasteiger partial charge in [0, 0.05) is 19.1 Å². The second-order valence-corrected chi connectivity index (χ2v) is 5.77. The van der Waals surface area contributed by atoms with Gasteiger partial charge in [-0.05, 0) is 43.2 Å². The van der Waals surface area contributed by atoms with Crippen LogP contribution in [0.3, 0.4) is 0 Å². The summed E-state index contributed by atoms with van der Waals surface area (Å²) in [6.07, 6.45) is 3.44. The van der Waals surface area contributed by atoms with Crippen LogP contribution in [0, 0.1) is 11.8 Å². The Bertz CT molecular complexity index is 490. The molecule has 0 bridgehead atoms. The van der Waals surface area contributed by atoms with E-state index in [4.69, 9.17) is 5.73 Å². The van der Waals surface area contributed by atoms with Crippen LogP contribution in [0.5, 0.6) is 0 Å². The maximum absolute atomic E-state index is 11.3. The molecule has 0 aromatic carbocycles. The van der Waals surface area contributed by atoms with Crippen molar-refractivity contribution in [1.82, 2.24) is 10.2 Å². The van der Waals surface area contributed by atoms with E-state index in [1.165, 1.54) is 13.5 Å². The number of hydrogen-bond donors (Lipinski definition) is 1. The Balaban J connectivity index is 1.70. The summed E-state index contributed by atoms with van der Waals surface area (Å²) >= 11 is 0. The van der Waals surface area contributed by atoms with Crippen molar-refractivity contribution in [2.45, 2.75) is 25.3 Å². The topological polar surface area (TPSA) is 81.3 Å². The Labute approximate surface area is 118 Å². The van der Waals surface area contributed by atoms with Crippen molar-refractivity contribution in [2.24, 2.45) is 17.6 Å². The summed E-state index contributed by atoms with van der Waals surface area (Å²) in [5.74, 6) is 1.77. The van der Waals surface area contributed by atoms with Gasteiger partial charge in [0.15, 0.2) is 11.5 Å². The monoisotopic (exact) mass is 276 g/mol. The molecule has 0 radical (unpaired) electrons. The smallest absolute Gasteiger partial charge is 0.358 e. The van der Waals surface area contributed by atoms with Crippen LogP contribution in [-0.4, -0.2) is 42.4 Å². The molecule has 0 spiro atoms. The minimum Gasteiger partial charge on any atom is -0.464 e. The van der Waals surface area contributed by atoms with E-state index >= 15 is 0 Å². The molecule has 108 valence electrons. The summed E-state index contributed by atoms with van der Waals surface area (Å²) in [7, 11) is 1.34. The number of ether oxygens (including phenoxy) is 1. The number of aromatic nitrogens is 2. The van der Waals surface area contributed by atoms with Gasteiger partial charge in [-0.3, -0.25) is 0 Å². The van der Waals surface area contributed by atoms with Gasteiger partial charge < -0.3 is 15.4 Å². The minimum absolute atomic E-state index is 0.245. The number of hydrogen-bond acceptors (Lipinski definition) is 6. The van der Waals surface area contributed by atoms with Crippen molar-refractivity contribution in [2.75, 3.05) is 25.1 Å². The van der Waals surface area contributed by atoms with E-state index in [0.29, 0.717) is 12.0 Å². The lowest BCUT2D eigenvalue weighted by molar-refractivity contribution is 0.0592. The highest BCUT2D eigenvalue weighted by molar-refractivity contribution is 5.86. The summed E-state index contributed by atoms with van der Waals surface area (Å²) in [5, 5.41) is 8.09. The molecule has 6 heteroatoms. The normalized spacial score (nSPS) is 29.1. The molecular weight excluding hydrogens is 256 g/mol. The molecule has 1 unspecified atom stereocenters. The molecule has 2 N–H and O–H groups in total. The maximum atomic E-state index is 11.3. The molecule has 1 aromatic heterocycles. The summed E-state index contributed by atoms with van der Waals surface area (Å²) < 4.78 is 4.62. The third-order valence-corrected chi connectivity index (χ3v) is 4.46. The molecule has 3 rings (SSSR count). The zero-order chi connectivity index (χ0) is 14.1. The van der Waals surface area contributed by atoms with Crippen molar-refractivity contribution in [3.05, 3.63) is 17.8 Å². The van der Waals surface area contributed by atoms with Crippen molar-refractivity contribution in [3.63, 3.8) is 0 Å². The highest BCUT2D eigenvalue weighted by atomic mass is 16.5. The Hall–Kier alpha value is -1.69. The summed E-state index contributed by atoms with van der Waals surface area (Å²) in [4.78, 5) is 13.6. The van der Waals surface area contributed by atoms with E-state index in [0.717, 1.165) is 37.7 Å². The van der Waals surface area contributed by atoms with E-state index in [9.17, 15) is 4.79 Å². The Morgan fingerprint density at radius 2 is 2.10 bits per heavy atom. The van der Waals surface area contributed by atoms with Crippen LogP contribution < -0.4 is 10.6 Å². The van der Waals surface area contributed by atoms with Crippen LogP contribution in [0.1, 0.15) is 29.8 Å². The molecule has 0 amide bonds. The van der Waals surface area contributed by atoms with E-state index in [2.05, 4.69) is 19.8 Å². The second-order valence-electron chi connectivity index (χ2n) is 5.77. The predicted molar refractivity (Wildman–Crippen MR) is 74.4 cm³/mol. The molecule has 6 nitrogen and oxygen atoms in total. The molecule has 1 aliphatic carbocycles. The number of nitrogens with two attached hydrogens (primary N) is 1. The van der Waals surface area contributed by atoms with Crippen LogP contribution in [-0.2, 0) is 4.74 Å². The van der Waals surface area contributed by atoms with Crippen LogP contribution >= 0.6 is 0 Å². The van der Waals surface area contributed by atoms with Gasteiger partial charge in [-0.2, -0.15) is 0 Å². The molecular formula is C14H20N4O2. The lowest BCUT2D eigenvalue weighted by atomic mass is 9.79. The molecule has 2 heterocycles. The first kappa shape index (κ1) is 13.3.